The van der Waals surface area contributed by atoms with Gasteiger partial charge < -0.3 is 4.74 Å². The Morgan fingerprint density at radius 2 is 1.78 bits per heavy atom. The van der Waals surface area contributed by atoms with Crippen LogP contribution < -0.4 is 9.64 Å². The molecule has 0 spiro atoms. The molecule has 0 saturated heterocycles. The highest BCUT2D eigenvalue weighted by Gasteiger charge is 2.36. The summed E-state index contributed by atoms with van der Waals surface area (Å²) >= 11 is 0. The number of anilines is 1. The number of aryl methyl sites for hydroxylation is 1. The molecule has 0 atom stereocenters. The van der Waals surface area contributed by atoms with Gasteiger partial charge in [0.25, 0.3) is 0 Å². The molecule has 0 bridgehead atoms. The molecule has 1 amide bonds. The Bertz CT molecular complexity index is 952. The maximum Gasteiger partial charge on any atom is 0.435 e. The molecular weight excluding hydrogens is 359 g/mol. The van der Waals surface area contributed by atoms with Crippen molar-refractivity contribution in [3.8, 4) is 11.4 Å². The number of amides is 1. The maximum atomic E-state index is 13.2. The van der Waals surface area contributed by atoms with E-state index in [0.717, 1.165) is 21.2 Å². The number of benzene rings is 2. The van der Waals surface area contributed by atoms with Crippen molar-refractivity contribution in [3.63, 3.8) is 0 Å². The average Bonchev–Trinajstić information content (AvgIpc) is 3.07. The highest BCUT2D eigenvalue weighted by Crippen LogP contribution is 2.32. The van der Waals surface area contributed by atoms with E-state index in [0.29, 0.717) is 5.69 Å². The number of ether oxygens (including phenoxy) is 1. The van der Waals surface area contributed by atoms with Crippen molar-refractivity contribution in [2.45, 2.75) is 13.1 Å². The number of carbonyl (C=O) groups is 1. The molecule has 0 unspecified atom stereocenters. The van der Waals surface area contributed by atoms with Gasteiger partial charge in [0.1, 0.15) is 11.6 Å². The van der Waals surface area contributed by atoms with E-state index in [-0.39, 0.29) is 11.6 Å². The van der Waals surface area contributed by atoms with Crippen LogP contribution >= 0.6 is 0 Å². The Kier molecular flexibility index (Phi) is 4.89. The number of rotatable bonds is 3. The second kappa shape index (κ2) is 7.14. The van der Waals surface area contributed by atoms with Gasteiger partial charge in [-0.3, -0.25) is 4.90 Å². The Hall–Kier alpha value is -3.29. The van der Waals surface area contributed by atoms with Crippen LogP contribution in [0.5, 0.6) is 5.75 Å². The van der Waals surface area contributed by atoms with E-state index < -0.39 is 18.0 Å². The molecule has 0 aliphatic rings. The number of para-hydroxylation sites is 1. The summed E-state index contributed by atoms with van der Waals surface area (Å²) in [6, 6.07) is 15.9. The van der Waals surface area contributed by atoms with E-state index in [1.807, 2.05) is 13.0 Å². The van der Waals surface area contributed by atoms with Gasteiger partial charge >= 0.3 is 12.3 Å². The first-order valence-electron chi connectivity index (χ1n) is 8.00. The molecule has 5 nitrogen and oxygen atoms in total. The Morgan fingerprint density at radius 1 is 1.07 bits per heavy atom. The number of nitrogens with zero attached hydrogens (tertiary/aromatic N) is 3. The standard InChI is InChI=1S/C19H16F3N3O2/c1-13-7-6-8-14(11-13)25-17(12-16(23-25)19(20,21)22)24(2)18(26)27-15-9-4-3-5-10-15/h3-12H,1-2H3. The summed E-state index contributed by atoms with van der Waals surface area (Å²) in [4.78, 5) is 13.4. The van der Waals surface area contributed by atoms with Crippen LogP contribution in [0.25, 0.3) is 5.69 Å². The Morgan fingerprint density at radius 3 is 2.41 bits per heavy atom. The van der Waals surface area contributed by atoms with Crippen molar-refractivity contribution < 1.29 is 22.7 Å². The number of alkyl halides is 3. The van der Waals surface area contributed by atoms with Gasteiger partial charge in [-0.1, -0.05) is 30.3 Å². The highest BCUT2D eigenvalue weighted by molar-refractivity contribution is 5.88. The van der Waals surface area contributed by atoms with E-state index in [4.69, 9.17) is 4.74 Å². The van der Waals surface area contributed by atoms with Crippen LogP contribution in [-0.4, -0.2) is 22.9 Å². The number of carbonyl (C=O) groups excluding carboxylic acids is 1. The molecule has 1 aromatic heterocycles. The minimum Gasteiger partial charge on any atom is -0.410 e. The van der Waals surface area contributed by atoms with Crippen molar-refractivity contribution in [1.82, 2.24) is 9.78 Å². The second-order valence-electron chi connectivity index (χ2n) is 5.88. The molecule has 0 aliphatic heterocycles. The summed E-state index contributed by atoms with van der Waals surface area (Å²) in [5, 5.41) is 3.65. The number of aromatic nitrogens is 2. The van der Waals surface area contributed by atoms with E-state index >= 15 is 0 Å². The molecule has 8 heteroatoms. The molecule has 3 aromatic rings. The van der Waals surface area contributed by atoms with Crippen molar-refractivity contribution >= 4 is 11.9 Å². The van der Waals surface area contributed by atoms with E-state index in [2.05, 4.69) is 5.10 Å². The van der Waals surface area contributed by atoms with Crippen molar-refractivity contribution in [3.05, 3.63) is 71.9 Å². The lowest BCUT2D eigenvalue weighted by Gasteiger charge is -2.18. The van der Waals surface area contributed by atoms with Crippen LogP contribution in [0.4, 0.5) is 23.8 Å². The van der Waals surface area contributed by atoms with Crippen LogP contribution in [0, 0.1) is 6.92 Å². The predicted octanol–water partition coefficient (Wildman–Crippen LogP) is 4.83. The van der Waals surface area contributed by atoms with Crippen LogP contribution in [0.3, 0.4) is 0 Å². The molecule has 0 aliphatic carbocycles. The SMILES string of the molecule is Cc1cccc(-n2nc(C(F)(F)F)cc2N(C)C(=O)Oc2ccccc2)c1. The maximum absolute atomic E-state index is 13.2. The second-order valence-corrected chi connectivity index (χ2v) is 5.88. The van der Waals surface area contributed by atoms with Crippen LogP contribution in [-0.2, 0) is 6.18 Å². The first kappa shape index (κ1) is 18.5. The molecule has 3 rings (SSSR count). The third-order valence-electron chi connectivity index (χ3n) is 3.79. The average molecular weight is 375 g/mol. The first-order chi connectivity index (χ1) is 12.8. The highest BCUT2D eigenvalue weighted by atomic mass is 19.4. The normalized spacial score (nSPS) is 11.3. The zero-order chi connectivity index (χ0) is 19.6. The molecular formula is C19H16F3N3O2. The fourth-order valence-electron chi connectivity index (χ4n) is 2.45. The molecule has 0 saturated carbocycles. The minimum atomic E-state index is -4.64. The Labute approximate surface area is 153 Å². The smallest absolute Gasteiger partial charge is 0.410 e. The quantitative estimate of drug-likeness (QED) is 0.658. The topological polar surface area (TPSA) is 47.4 Å². The zero-order valence-electron chi connectivity index (χ0n) is 14.6. The molecule has 2 aromatic carbocycles. The summed E-state index contributed by atoms with van der Waals surface area (Å²) in [7, 11) is 1.33. The summed E-state index contributed by atoms with van der Waals surface area (Å²) < 4.78 is 45.8. The van der Waals surface area contributed by atoms with Gasteiger partial charge in [-0.15, -0.1) is 0 Å². The lowest BCUT2D eigenvalue weighted by Crippen LogP contribution is -2.31. The van der Waals surface area contributed by atoms with Gasteiger partial charge in [0.2, 0.25) is 0 Å². The summed E-state index contributed by atoms with van der Waals surface area (Å²) in [5.74, 6) is 0.223. The summed E-state index contributed by atoms with van der Waals surface area (Å²) in [6.45, 7) is 1.81. The van der Waals surface area contributed by atoms with Crippen molar-refractivity contribution in [2.75, 3.05) is 11.9 Å². The Balaban J connectivity index is 2.00. The lowest BCUT2D eigenvalue weighted by molar-refractivity contribution is -0.141. The van der Waals surface area contributed by atoms with Crippen LogP contribution in [0.2, 0.25) is 0 Å². The third kappa shape index (κ3) is 4.11. The largest absolute Gasteiger partial charge is 0.435 e. The van der Waals surface area contributed by atoms with E-state index in [9.17, 15) is 18.0 Å². The zero-order valence-corrected chi connectivity index (χ0v) is 14.6. The summed E-state index contributed by atoms with van der Waals surface area (Å²) in [6.07, 6.45) is -5.47. The number of halogens is 3. The fraction of sp³-hybridized carbons (Fsp3) is 0.158. The van der Waals surface area contributed by atoms with Gasteiger partial charge in [-0.05, 0) is 36.8 Å². The van der Waals surface area contributed by atoms with Gasteiger partial charge in [-0.25, -0.2) is 9.48 Å². The van der Waals surface area contributed by atoms with Gasteiger partial charge in [0.15, 0.2) is 5.69 Å². The fourth-order valence-corrected chi connectivity index (χ4v) is 2.45. The monoisotopic (exact) mass is 375 g/mol. The molecule has 1 heterocycles. The molecule has 0 fully saturated rings. The van der Waals surface area contributed by atoms with Crippen molar-refractivity contribution in [1.29, 1.82) is 0 Å². The minimum absolute atomic E-state index is 0.0612. The molecule has 27 heavy (non-hydrogen) atoms. The molecule has 140 valence electrons. The third-order valence-corrected chi connectivity index (χ3v) is 3.79. The molecule has 0 radical (unpaired) electrons. The predicted molar refractivity (Wildman–Crippen MR) is 94.2 cm³/mol. The number of hydrogen-bond acceptors (Lipinski definition) is 3. The van der Waals surface area contributed by atoms with E-state index in [1.54, 1.807) is 48.5 Å². The summed E-state index contributed by atoms with van der Waals surface area (Å²) in [5.41, 5.74) is 0.148. The lowest BCUT2D eigenvalue weighted by atomic mass is 10.2. The molecule has 0 N–H and O–H groups in total. The van der Waals surface area contributed by atoms with Crippen molar-refractivity contribution in [2.24, 2.45) is 0 Å². The van der Waals surface area contributed by atoms with Gasteiger partial charge in [0, 0.05) is 13.1 Å². The van der Waals surface area contributed by atoms with Gasteiger partial charge in [-0.2, -0.15) is 18.3 Å². The van der Waals surface area contributed by atoms with Crippen LogP contribution in [0.1, 0.15) is 11.3 Å². The van der Waals surface area contributed by atoms with Gasteiger partial charge in [0.05, 0.1) is 5.69 Å². The first-order valence-corrected chi connectivity index (χ1v) is 8.00. The van der Waals surface area contributed by atoms with E-state index in [1.165, 1.54) is 7.05 Å². The van der Waals surface area contributed by atoms with Crippen LogP contribution in [0.15, 0.2) is 60.7 Å². The number of hydrogen-bond donors (Lipinski definition) is 0.